The zero-order valence-electron chi connectivity index (χ0n) is 21.2. The molecule has 0 fully saturated rings. The van der Waals surface area contributed by atoms with Gasteiger partial charge < -0.3 is 32.0 Å². The number of halogens is 1. The van der Waals surface area contributed by atoms with Crippen LogP contribution in [-0.2, 0) is 32.1 Å². The van der Waals surface area contributed by atoms with Crippen molar-refractivity contribution in [3.05, 3.63) is 98.6 Å². The molecule has 7 N–H and O–H groups in total. The Balaban J connectivity index is 1.56. The number of nitrogens with two attached hydrogens (primary N) is 1. The normalized spacial score (nSPS) is 11.2. The molecule has 0 spiro atoms. The summed E-state index contributed by atoms with van der Waals surface area (Å²) in [4.78, 5) is 74.6. The summed E-state index contributed by atoms with van der Waals surface area (Å²) in [6.45, 7) is -1.24. The van der Waals surface area contributed by atoms with Crippen LogP contribution in [0.5, 0.6) is 0 Å². The summed E-state index contributed by atoms with van der Waals surface area (Å²) in [6, 6.07) is 14.0. The van der Waals surface area contributed by atoms with Crippen LogP contribution in [0, 0.1) is 5.82 Å². The Morgan fingerprint density at radius 3 is 2.23 bits per heavy atom. The zero-order chi connectivity index (χ0) is 29.1. The van der Waals surface area contributed by atoms with Gasteiger partial charge >= 0.3 is 5.69 Å². The fourth-order valence-corrected chi connectivity index (χ4v) is 3.56. The number of aromatic amines is 1. The molecule has 0 bridgehead atoms. The average Bonchev–Trinajstić information content (AvgIpc) is 2.95. The number of amides is 4. The Hall–Kier alpha value is -5.11. The van der Waals surface area contributed by atoms with Crippen molar-refractivity contribution in [3.63, 3.8) is 0 Å². The molecule has 2 aromatic carbocycles. The lowest BCUT2D eigenvalue weighted by Crippen LogP contribution is -2.51. The third kappa shape index (κ3) is 8.73. The smallest absolute Gasteiger partial charge is 0.328 e. The van der Waals surface area contributed by atoms with E-state index in [9.17, 15) is 33.2 Å². The molecule has 0 saturated heterocycles. The third-order valence-electron chi connectivity index (χ3n) is 5.58. The number of hydrogen-bond donors (Lipinski definition) is 6. The van der Waals surface area contributed by atoms with Crippen molar-refractivity contribution < 1.29 is 23.6 Å². The van der Waals surface area contributed by atoms with Crippen LogP contribution in [0.2, 0.25) is 0 Å². The first-order valence-electron chi connectivity index (χ1n) is 12.1. The summed E-state index contributed by atoms with van der Waals surface area (Å²) >= 11 is 0. The lowest BCUT2D eigenvalue weighted by molar-refractivity contribution is -0.130. The summed E-state index contributed by atoms with van der Waals surface area (Å²) < 4.78 is 14.2. The van der Waals surface area contributed by atoms with Gasteiger partial charge in [0.1, 0.15) is 6.04 Å². The van der Waals surface area contributed by atoms with Crippen LogP contribution in [0.3, 0.4) is 0 Å². The number of hydrogen-bond acceptors (Lipinski definition) is 7. The topological polar surface area (TPSA) is 197 Å². The number of carbonyl (C=O) groups is 4. The second-order valence-corrected chi connectivity index (χ2v) is 8.59. The number of rotatable bonds is 12. The maximum atomic E-state index is 13.5. The minimum atomic E-state index is -1.09. The number of aromatic nitrogens is 2. The fraction of sp³-hybridized carbons (Fsp3) is 0.231. The molecular formula is C26H28FN7O6. The number of carbonyl (C=O) groups excluding carboxylic acids is 4. The van der Waals surface area contributed by atoms with Gasteiger partial charge in [-0.2, -0.15) is 4.39 Å². The van der Waals surface area contributed by atoms with E-state index in [0.717, 1.165) is 5.56 Å². The van der Waals surface area contributed by atoms with E-state index in [1.54, 1.807) is 42.5 Å². The molecular weight excluding hydrogens is 525 g/mol. The minimum Gasteiger partial charge on any atom is -0.346 e. The molecule has 1 atom stereocenters. The second-order valence-electron chi connectivity index (χ2n) is 8.59. The van der Waals surface area contributed by atoms with Gasteiger partial charge in [0.25, 0.3) is 5.56 Å². The highest BCUT2D eigenvalue weighted by Gasteiger charge is 2.22. The second kappa shape index (κ2) is 14.2. The van der Waals surface area contributed by atoms with Crippen molar-refractivity contribution in [1.29, 1.82) is 0 Å². The van der Waals surface area contributed by atoms with E-state index in [0.29, 0.717) is 22.0 Å². The number of benzene rings is 2. The van der Waals surface area contributed by atoms with Gasteiger partial charge in [-0.15, -0.1) is 0 Å². The summed E-state index contributed by atoms with van der Waals surface area (Å²) in [6.07, 6.45) is 0.836. The van der Waals surface area contributed by atoms with E-state index < -0.39 is 53.3 Å². The lowest BCUT2D eigenvalue weighted by atomic mass is 10.1. The average molecular weight is 554 g/mol. The monoisotopic (exact) mass is 553 g/mol. The van der Waals surface area contributed by atoms with Gasteiger partial charge in [-0.25, -0.2) is 4.79 Å². The molecule has 40 heavy (non-hydrogen) atoms. The first-order chi connectivity index (χ1) is 19.2. The molecule has 1 heterocycles. The number of nitrogens with one attached hydrogen (secondary N) is 5. The predicted octanol–water partition coefficient (Wildman–Crippen LogP) is -1.42. The van der Waals surface area contributed by atoms with Crippen molar-refractivity contribution in [1.82, 2.24) is 25.5 Å². The number of nitrogens with zero attached hydrogens (tertiary/aromatic N) is 1. The van der Waals surface area contributed by atoms with E-state index in [4.69, 9.17) is 5.73 Å². The van der Waals surface area contributed by atoms with Crippen molar-refractivity contribution >= 4 is 29.3 Å². The van der Waals surface area contributed by atoms with Crippen molar-refractivity contribution in [2.45, 2.75) is 19.0 Å². The molecule has 210 valence electrons. The van der Waals surface area contributed by atoms with Gasteiger partial charge in [0.15, 0.2) is 0 Å². The van der Waals surface area contributed by atoms with Crippen LogP contribution in [0.25, 0.3) is 0 Å². The molecule has 3 aromatic rings. The maximum absolute atomic E-state index is 13.5. The van der Waals surface area contributed by atoms with Crippen LogP contribution in [0.1, 0.15) is 11.1 Å². The Morgan fingerprint density at radius 2 is 1.55 bits per heavy atom. The fourth-order valence-electron chi connectivity index (χ4n) is 3.56. The van der Waals surface area contributed by atoms with E-state index in [1.165, 1.54) is 12.1 Å². The Morgan fingerprint density at radius 1 is 0.875 bits per heavy atom. The van der Waals surface area contributed by atoms with Crippen molar-refractivity contribution in [2.75, 3.05) is 25.0 Å². The lowest BCUT2D eigenvalue weighted by Gasteiger charge is -2.19. The summed E-state index contributed by atoms with van der Waals surface area (Å²) in [5, 5.41) is 9.94. The van der Waals surface area contributed by atoms with Gasteiger partial charge in [-0.3, -0.25) is 28.5 Å². The van der Waals surface area contributed by atoms with Crippen LogP contribution < -0.4 is 38.2 Å². The van der Waals surface area contributed by atoms with Crippen molar-refractivity contribution in [2.24, 2.45) is 5.73 Å². The number of H-pyrrole nitrogens is 1. The van der Waals surface area contributed by atoms with Gasteiger partial charge in [0.2, 0.25) is 29.4 Å². The van der Waals surface area contributed by atoms with Gasteiger partial charge in [0.05, 0.1) is 26.2 Å². The Labute approximate surface area is 227 Å². The molecule has 14 heteroatoms. The molecule has 0 aliphatic heterocycles. The van der Waals surface area contributed by atoms with Crippen LogP contribution in [0.15, 0.2) is 70.4 Å². The molecule has 3 rings (SSSR count). The van der Waals surface area contributed by atoms with Gasteiger partial charge in [-0.1, -0.05) is 42.5 Å². The van der Waals surface area contributed by atoms with E-state index in [2.05, 4.69) is 26.3 Å². The number of anilines is 1. The molecule has 0 unspecified atom stereocenters. The molecule has 0 saturated carbocycles. The Bertz CT molecular complexity index is 1470. The highest BCUT2D eigenvalue weighted by Crippen LogP contribution is 2.10. The molecule has 4 amide bonds. The van der Waals surface area contributed by atoms with Crippen LogP contribution >= 0.6 is 0 Å². The maximum Gasteiger partial charge on any atom is 0.328 e. The molecule has 1 aromatic heterocycles. The SMILES string of the molecule is NCC(=O)NCC(=O)N[C@@H](Cc1ccccc1)C(=O)NCC(=O)Nc1ccc(Cn2c(=O)[nH]cc(F)c2=O)cc1. The van der Waals surface area contributed by atoms with E-state index in [-0.39, 0.29) is 26.1 Å². The van der Waals surface area contributed by atoms with Crippen LogP contribution in [0.4, 0.5) is 10.1 Å². The highest BCUT2D eigenvalue weighted by atomic mass is 19.1. The summed E-state index contributed by atoms with van der Waals surface area (Å²) in [7, 11) is 0. The molecule has 0 aliphatic carbocycles. The quantitative estimate of drug-likeness (QED) is 0.158. The van der Waals surface area contributed by atoms with Crippen LogP contribution in [-0.4, -0.2) is 58.9 Å². The highest BCUT2D eigenvalue weighted by molar-refractivity contribution is 5.96. The Kier molecular flexibility index (Phi) is 10.4. The first kappa shape index (κ1) is 29.4. The van der Waals surface area contributed by atoms with Gasteiger partial charge in [-0.05, 0) is 23.3 Å². The first-order valence-corrected chi connectivity index (χ1v) is 12.1. The summed E-state index contributed by atoms with van der Waals surface area (Å²) in [5.74, 6) is -3.39. The molecule has 13 nitrogen and oxygen atoms in total. The predicted molar refractivity (Wildman–Crippen MR) is 143 cm³/mol. The van der Waals surface area contributed by atoms with E-state index in [1.807, 2.05) is 0 Å². The van der Waals surface area contributed by atoms with Crippen molar-refractivity contribution in [3.8, 4) is 0 Å². The molecule has 0 aliphatic rings. The van der Waals surface area contributed by atoms with E-state index >= 15 is 0 Å². The zero-order valence-corrected chi connectivity index (χ0v) is 21.2. The standard InChI is InChI=1S/C26H28FN7O6/c27-19-12-31-26(40)34(25(19)39)15-17-6-8-18(9-7-17)32-22(36)14-30-24(38)20(10-16-4-2-1-3-5-16)33-23(37)13-29-21(35)11-28/h1-9,12,20H,10-11,13-15,28H2,(H,29,35)(H,30,38)(H,31,40)(H,32,36)(H,33,37)/t20-/m0/s1. The van der Waals surface area contributed by atoms with Gasteiger partial charge in [0, 0.05) is 18.3 Å². The molecule has 0 radical (unpaired) electrons. The third-order valence-corrected chi connectivity index (χ3v) is 5.58. The largest absolute Gasteiger partial charge is 0.346 e. The minimum absolute atomic E-state index is 0.142. The summed E-state index contributed by atoms with van der Waals surface area (Å²) in [5.41, 5.74) is 5.03.